The number of rotatable bonds is 5. The molecule has 108 valence electrons. The Balaban J connectivity index is 2.49. The van der Waals surface area contributed by atoms with Crippen LogP contribution in [0.3, 0.4) is 0 Å². The van der Waals surface area contributed by atoms with Crippen molar-refractivity contribution in [2.75, 3.05) is 13.3 Å². The minimum atomic E-state index is -3.13. The van der Waals surface area contributed by atoms with Crippen molar-refractivity contribution in [2.45, 2.75) is 18.7 Å². The first kappa shape index (κ1) is 15.2. The predicted octanol–water partition coefficient (Wildman–Crippen LogP) is 2.64. The number of sulfone groups is 1. The van der Waals surface area contributed by atoms with Gasteiger partial charge in [0, 0.05) is 12.8 Å². The Bertz CT molecular complexity index is 678. The molecule has 0 spiro atoms. The predicted molar refractivity (Wildman–Crippen MR) is 83.6 cm³/mol. The first-order chi connectivity index (χ1) is 9.43. The van der Waals surface area contributed by atoms with E-state index in [4.69, 9.17) is 0 Å². The zero-order valence-electron chi connectivity index (χ0n) is 11.8. The molecule has 1 heterocycles. The molecule has 6 heteroatoms. The molecule has 0 bridgehead atoms. The van der Waals surface area contributed by atoms with Crippen molar-refractivity contribution in [3.63, 3.8) is 0 Å². The first-order valence-corrected chi connectivity index (χ1v) is 9.09. The van der Waals surface area contributed by atoms with Gasteiger partial charge in [0.2, 0.25) is 0 Å². The molecule has 20 heavy (non-hydrogen) atoms. The van der Waals surface area contributed by atoms with Gasteiger partial charge in [-0.05, 0) is 19.5 Å². The lowest BCUT2D eigenvalue weighted by Gasteiger charge is -2.04. The number of aromatic nitrogens is 1. The van der Waals surface area contributed by atoms with Crippen LogP contribution in [0.5, 0.6) is 0 Å². The molecule has 0 saturated heterocycles. The van der Waals surface area contributed by atoms with Crippen LogP contribution in [0.15, 0.2) is 30.3 Å². The number of benzene rings is 1. The lowest BCUT2D eigenvalue weighted by atomic mass is 10.1. The molecule has 2 rings (SSSR count). The van der Waals surface area contributed by atoms with Crippen LogP contribution in [-0.4, -0.2) is 26.7 Å². The summed E-state index contributed by atoms with van der Waals surface area (Å²) in [6.45, 7) is 2.31. The molecule has 0 radical (unpaired) electrons. The van der Waals surface area contributed by atoms with Gasteiger partial charge in [-0.1, -0.05) is 30.3 Å². The van der Waals surface area contributed by atoms with Crippen molar-refractivity contribution >= 4 is 21.2 Å². The van der Waals surface area contributed by atoms with E-state index in [9.17, 15) is 8.42 Å². The summed E-state index contributed by atoms with van der Waals surface area (Å²) in [5, 5.41) is 3.16. The second-order valence-electron chi connectivity index (χ2n) is 4.70. The highest BCUT2D eigenvalue weighted by Crippen LogP contribution is 2.35. The van der Waals surface area contributed by atoms with Crippen LogP contribution < -0.4 is 5.32 Å². The van der Waals surface area contributed by atoms with Crippen LogP contribution in [0, 0.1) is 0 Å². The highest BCUT2D eigenvalue weighted by atomic mass is 32.2. The van der Waals surface area contributed by atoms with Crippen LogP contribution >= 0.6 is 11.3 Å². The number of hydrogen-bond donors (Lipinski definition) is 1. The van der Waals surface area contributed by atoms with Gasteiger partial charge in [0.25, 0.3) is 0 Å². The number of nitrogens with one attached hydrogen (secondary N) is 1. The van der Waals surface area contributed by atoms with E-state index in [0.717, 1.165) is 16.1 Å². The molecule has 1 aromatic carbocycles. The topological polar surface area (TPSA) is 59.1 Å². The van der Waals surface area contributed by atoms with Crippen LogP contribution in [-0.2, 0) is 16.4 Å². The molecule has 0 saturated carbocycles. The van der Waals surface area contributed by atoms with Crippen LogP contribution in [0.2, 0.25) is 0 Å². The summed E-state index contributed by atoms with van der Waals surface area (Å²) in [4.78, 5) is 5.55. The molecule has 0 aliphatic rings. The van der Waals surface area contributed by atoms with E-state index in [-0.39, 0.29) is 0 Å². The van der Waals surface area contributed by atoms with Gasteiger partial charge in [0.15, 0.2) is 9.84 Å². The Morgan fingerprint density at radius 1 is 1.30 bits per heavy atom. The molecule has 1 aromatic heterocycles. The highest BCUT2D eigenvalue weighted by molar-refractivity contribution is 7.91. The lowest BCUT2D eigenvalue weighted by Crippen LogP contribution is -2.09. The second-order valence-corrected chi connectivity index (χ2v) is 8.09. The summed E-state index contributed by atoms with van der Waals surface area (Å²) >= 11 is 1.46. The summed E-state index contributed by atoms with van der Waals surface area (Å²) in [5.41, 5.74) is 1.97. The van der Waals surface area contributed by atoms with Crippen LogP contribution in [0.25, 0.3) is 10.4 Å². The van der Waals surface area contributed by atoms with Crippen molar-refractivity contribution in [3.8, 4) is 10.4 Å². The normalized spacial score (nSPS) is 13.3. The molecule has 1 N–H and O–H groups in total. The molecule has 2 aromatic rings. The molecular weight excluding hydrogens is 292 g/mol. The maximum Gasteiger partial charge on any atom is 0.156 e. The number of nitrogens with zero attached hydrogens (tertiary/aromatic N) is 1. The highest BCUT2D eigenvalue weighted by Gasteiger charge is 2.23. The number of thiazole rings is 1. The minimum absolute atomic E-state index is 0.569. The molecule has 0 fully saturated rings. The summed E-state index contributed by atoms with van der Waals surface area (Å²) in [6, 6.07) is 9.93. The van der Waals surface area contributed by atoms with Gasteiger partial charge < -0.3 is 5.32 Å². The van der Waals surface area contributed by atoms with E-state index in [1.54, 1.807) is 6.92 Å². The van der Waals surface area contributed by atoms with Gasteiger partial charge in [-0.15, -0.1) is 11.3 Å². The molecular formula is C14H18N2O2S2. The Morgan fingerprint density at radius 3 is 2.50 bits per heavy atom. The van der Waals surface area contributed by atoms with Gasteiger partial charge in [-0.3, -0.25) is 0 Å². The van der Waals surface area contributed by atoms with Crippen molar-refractivity contribution in [2.24, 2.45) is 0 Å². The summed E-state index contributed by atoms with van der Waals surface area (Å²) < 4.78 is 23.4. The lowest BCUT2D eigenvalue weighted by molar-refractivity contribution is 0.592. The van der Waals surface area contributed by atoms with Gasteiger partial charge in [-0.2, -0.15) is 0 Å². The summed E-state index contributed by atoms with van der Waals surface area (Å²) in [6.07, 6.45) is 1.25. The maximum absolute atomic E-state index is 11.7. The van der Waals surface area contributed by atoms with E-state index in [1.807, 2.05) is 37.4 Å². The van der Waals surface area contributed by atoms with E-state index < -0.39 is 15.1 Å². The molecule has 0 amide bonds. The zero-order valence-corrected chi connectivity index (χ0v) is 13.4. The van der Waals surface area contributed by atoms with Crippen molar-refractivity contribution in [3.05, 3.63) is 41.0 Å². The Labute approximate surface area is 123 Å². The summed E-state index contributed by atoms with van der Waals surface area (Å²) in [5.74, 6) is 0. The fourth-order valence-electron chi connectivity index (χ4n) is 1.83. The van der Waals surface area contributed by atoms with E-state index >= 15 is 0 Å². The van der Waals surface area contributed by atoms with Crippen LogP contribution in [0.4, 0.5) is 0 Å². The van der Waals surface area contributed by atoms with Gasteiger partial charge in [0.1, 0.15) is 10.3 Å². The third-order valence-electron chi connectivity index (χ3n) is 3.08. The number of hydrogen-bond acceptors (Lipinski definition) is 5. The SMILES string of the molecule is CNCc1nc(C(C)S(C)(=O)=O)sc1-c1ccccc1. The standard InChI is InChI=1S/C14H18N2O2S2/c1-10(20(3,17)18)14-16-12(9-15-2)13(19-14)11-7-5-4-6-8-11/h4-8,10,15H,9H2,1-3H3. The third kappa shape index (κ3) is 3.26. The third-order valence-corrected chi connectivity index (χ3v) is 6.07. The maximum atomic E-state index is 11.7. The smallest absolute Gasteiger partial charge is 0.156 e. The quantitative estimate of drug-likeness (QED) is 0.922. The van der Waals surface area contributed by atoms with Crippen molar-refractivity contribution in [1.29, 1.82) is 0 Å². The van der Waals surface area contributed by atoms with Crippen LogP contribution in [0.1, 0.15) is 22.9 Å². The van der Waals surface area contributed by atoms with E-state index in [0.29, 0.717) is 11.6 Å². The average Bonchev–Trinajstić information content (AvgIpc) is 2.82. The van der Waals surface area contributed by atoms with Gasteiger partial charge in [-0.25, -0.2) is 13.4 Å². The Kier molecular flexibility index (Phi) is 4.57. The largest absolute Gasteiger partial charge is 0.314 e. The summed E-state index contributed by atoms with van der Waals surface area (Å²) in [7, 11) is -1.27. The Morgan fingerprint density at radius 2 is 1.95 bits per heavy atom. The van der Waals surface area contributed by atoms with E-state index in [2.05, 4.69) is 10.3 Å². The molecule has 0 aliphatic carbocycles. The zero-order chi connectivity index (χ0) is 14.8. The van der Waals surface area contributed by atoms with Crippen molar-refractivity contribution < 1.29 is 8.42 Å². The second kappa shape index (κ2) is 6.03. The van der Waals surface area contributed by atoms with Gasteiger partial charge in [0.05, 0.1) is 10.6 Å². The fourth-order valence-corrected chi connectivity index (χ4v) is 3.94. The molecule has 0 aliphatic heterocycles. The Hall–Kier alpha value is -1.24. The monoisotopic (exact) mass is 310 g/mol. The van der Waals surface area contributed by atoms with E-state index in [1.165, 1.54) is 17.6 Å². The van der Waals surface area contributed by atoms with Crippen molar-refractivity contribution in [1.82, 2.24) is 10.3 Å². The molecule has 1 atom stereocenters. The molecule has 4 nitrogen and oxygen atoms in total. The average molecular weight is 310 g/mol. The van der Waals surface area contributed by atoms with Gasteiger partial charge >= 0.3 is 0 Å². The minimum Gasteiger partial charge on any atom is -0.314 e. The molecule has 1 unspecified atom stereocenters. The fraction of sp³-hybridized carbons (Fsp3) is 0.357. The first-order valence-electron chi connectivity index (χ1n) is 6.32.